The largest absolute Gasteiger partial charge is 0.467 e. The number of benzene rings is 1. The molecule has 100 valence electrons. The third-order valence-corrected chi connectivity index (χ3v) is 2.90. The molecule has 4 heteroatoms. The molecular formula is C15H16FNO2. The maximum absolute atomic E-state index is 14.1. The van der Waals surface area contributed by atoms with E-state index in [0.29, 0.717) is 17.0 Å². The van der Waals surface area contributed by atoms with Gasteiger partial charge in [-0.2, -0.15) is 0 Å². The smallest absolute Gasteiger partial charge is 0.188 e. The summed E-state index contributed by atoms with van der Waals surface area (Å²) in [5.74, 6) is 0.109. The first kappa shape index (κ1) is 13.4. The third-order valence-electron chi connectivity index (χ3n) is 2.90. The Morgan fingerprint density at radius 1 is 1.37 bits per heavy atom. The fourth-order valence-corrected chi connectivity index (χ4v) is 1.88. The van der Waals surface area contributed by atoms with Gasteiger partial charge < -0.3 is 14.4 Å². The van der Waals surface area contributed by atoms with Gasteiger partial charge in [0.1, 0.15) is 11.6 Å². The molecule has 1 aromatic rings. The number of likely N-dealkylation sites (N-methyl/N-ethyl adjacent to an activating group) is 1. The molecule has 0 N–H and O–H groups in total. The van der Waals surface area contributed by atoms with E-state index < -0.39 is 0 Å². The molecule has 0 bridgehead atoms. The van der Waals surface area contributed by atoms with Crippen molar-refractivity contribution in [3.05, 3.63) is 60.1 Å². The average molecular weight is 261 g/mol. The summed E-state index contributed by atoms with van der Waals surface area (Å²) in [4.78, 5) is 1.82. The van der Waals surface area contributed by atoms with E-state index in [1.54, 1.807) is 12.1 Å². The van der Waals surface area contributed by atoms with E-state index in [9.17, 15) is 4.39 Å². The molecule has 0 saturated heterocycles. The van der Waals surface area contributed by atoms with Crippen molar-refractivity contribution in [2.24, 2.45) is 0 Å². The highest BCUT2D eigenvalue weighted by Crippen LogP contribution is 2.33. The van der Waals surface area contributed by atoms with E-state index >= 15 is 0 Å². The van der Waals surface area contributed by atoms with Gasteiger partial charge in [-0.15, -0.1) is 0 Å². The lowest BCUT2D eigenvalue weighted by atomic mass is 10.1. The number of ether oxygens (including phenoxy) is 2. The molecule has 0 amide bonds. The van der Waals surface area contributed by atoms with E-state index in [4.69, 9.17) is 9.47 Å². The number of methoxy groups -OCH3 is 1. The molecule has 1 aliphatic heterocycles. The molecular weight excluding hydrogens is 245 g/mol. The van der Waals surface area contributed by atoms with Gasteiger partial charge in [-0.05, 0) is 24.3 Å². The molecule has 0 unspecified atom stereocenters. The van der Waals surface area contributed by atoms with Crippen LogP contribution in [0.4, 0.5) is 4.39 Å². The van der Waals surface area contributed by atoms with Gasteiger partial charge in [-0.25, -0.2) is 4.39 Å². The van der Waals surface area contributed by atoms with Crippen LogP contribution in [0.15, 0.2) is 48.7 Å². The molecule has 0 saturated carbocycles. The first-order valence-electron chi connectivity index (χ1n) is 5.86. The minimum absolute atomic E-state index is 0.0736. The maximum atomic E-state index is 14.1. The van der Waals surface area contributed by atoms with E-state index in [0.717, 1.165) is 5.70 Å². The van der Waals surface area contributed by atoms with Gasteiger partial charge in [0.25, 0.3) is 0 Å². The van der Waals surface area contributed by atoms with Crippen molar-refractivity contribution in [2.45, 2.75) is 0 Å². The molecule has 2 rings (SSSR count). The summed E-state index contributed by atoms with van der Waals surface area (Å²) < 4.78 is 24.4. The predicted molar refractivity (Wildman–Crippen MR) is 72.9 cm³/mol. The number of halogens is 1. The Hall–Kier alpha value is -2.07. The normalized spacial score (nSPS) is 14.6. The van der Waals surface area contributed by atoms with Crippen LogP contribution in [0.3, 0.4) is 0 Å². The van der Waals surface area contributed by atoms with Gasteiger partial charge in [-0.1, -0.05) is 18.7 Å². The molecule has 19 heavy (non-hydrogen) atoms. The Kier molecular flexibility index (Phi) is 4.02. The van der Waals surface area contributed by atoms with Gasteiger partial charge in [0, 0.05) is 19.9 Å². The molecule has 1 aromatic carbocycles. The molecule has 3 nitrogen and oxygen atoms in total. The Morgan fingerprint density at radius 3 is 2.89 bits per heavy atom. The number of nitrogens with zero attached hydrogens (tertiary/aromatic N) is 1. The molecule has 0 aromatic heterocycles. The van der Waals surface area contributed by atoms with Crippen LogP contribution in [0.25, 0.3) is 5.70 Å². The van der Waals surface area contributed by atoms with Crippen molar-refractivity contribution in [1.82, 2.24) is 4.90 Å². The van der Waals surface area contributed by atoms with Crippen LogP contribution < -0.4 is 4.74 Å². The second-order valence-corrected chi connectivity index (χ2v) is 4.13. The van der Waals surface area contributed by atoms with Crippen molar-refractivity contribution < 1.29 is 13.9 Å². The van der Waals surface area contributed by atoms with Gasteiger partial charge >= 0.3 is 0 Å². The fourth-order valence-electron chi connectivity index (χ4n) is 1.88. The average Bonchev–Trinajstić information content (AvgIpc) is 2.40. The van der Waals surface area contributed by atoms with Gasteiger partial charge in [0.05, 0.1) is 11.3 Å². The highest BCUT2D eigenvalue weighted by molar-refractivity contribution is 5.73. The zero-order valence-corrected chi connectivity index (χ0v) is 11.0. The quantitative estimate of drug-likeness (QED) is 0.777. The van der Waals surface area contributed by atoms with Gasteiger partial charge in [-0.3, -0.25) is 0 Å². The van der Waals surface area contributed by atoms with Crippen molar-refractivity contribution in [3.63, 3.8) is 0 Å². The minimum Gasteiger partial charge on any atom is -0.467 e. The minimum atomic E-state index is -0.338. The third kappa shape index (κ3) is 2.69. The molecule has 0 fully saturated rings. The standard InChI is InChI=1S/C15H16FNO2/c1-11-6-4-8-13(17(11)2)15-12(16)7-5-9-14(15)19-10-18-3/h4-9H,1,10H2,2-3H3. The number of allylic oxidation sites excluding steroid dienone is 3. The lowest BCUT2D eigenvalue weighted by Gasteiger charge is -2.27. The van der Waals surface area contributed by atoms with Crippen LogP contribution in [0.2, 0.25) is 0 Å². The fraction of sp³-hybridized carbons (Fsp3) is 0.200. The van der Waals surface area contributed by atoms with Crippen molar-refractivity contribution >= 4 is 5.70 Å². The van der Waals surface area contributed by atoms with E-state index in [2.05, 4.69) is 6.58 Å². The van der Waals surface area contributed by atoms with Crippen molar-refractivity contribution in [2.75, 3.05) is 21.0 Å². The van der Waals surface area contributed by atoms with Crippen molar-refractivity contribution in [1.29, 1.82) is 0 Å². The molecule has 1 aliphatic rings. The summed E-state index contributed by atoms with van der Waals surface area (Å²) in [5, 5.41) is 0. The van der Waals surface area contributed by atoms with Crippen LogP contribution in [-0.4, -0.2) is 25.9 Å². The van der Waals surface area contributed by atoms with E-state index in [1.165, 1.54) is 13.2 Å². The van der Waals surface area contributed by atoms with Crippen LogP contribution in [0, 0.1) is 5.82 Å². The summed E-state index contributed by atoms with van der Waals surface area (Å²) in [6.45, 7) is 3.98. The summed E-state index contributed by atoms with van der Waals surface area (Å²) in [6, 6.07) is 4.73. The highest BCUT2D eigenvalue weighted by atomic mass is 19.1. The van der Waals surface area contributed by atoms with Crippen LogP contribution in [0.1, 0.15) is 5.56 Å². The zero-order chi connectivity index (χ0) is 13.8. The van der Waals surface area contributed by atoms with E-state index in [-0.39, 0.29) is 12.6 Å². The monoisotopic (exact) mass is 261 g/mol. The molecule has 0 radical (unpaired) electrons. The highest BCUT2D eigenvalue weighted by Gasteiger charge is 2.19. The topological polar surface area (TPSA) is 21.7 Å². The van der Waals surface area contributed by atoms with E-state index in [1.807, 2.05) is 30.2 Å². The Labute approximate surface area is 112 Å². The first-order valence-corrected chi connectivity index (χ1v) is 5.86. The Balaban J connectivity index is 2.46. The van der Waals surface area contributed by atoms with Crippen LogP contribution in [-0.2, 0) is 4.74 Å². The van der Waals surface area contributed by atoms with Crippen LogP contribution in [0.5, 0.6) is 5.75 Å². The summed E-state index contributed by atoms with van der Waals surface area (Å²) in [7, 11) is 3.36. The van der Waals surface area contributed by atoms with Gasteiger partial charge in [0.15, 0.2) is 6.79 Å². The lowest BCUT2D eigenvalue weighted by molar-refractivity contribution is 0.0506. The lowest BCUT2D eigenvalue weighted by Crippen LogP contribution is -2.18. The zero-order valence-electron chi connectivity index (χ0n) is 11.0. The summed E-state index contributed by atoms with van der Waals surface area (Å²) in [5.41, 5.74) is 1.91. The molecule has 0 atom stereocenters. The molecule has 1 heterocycles. The van der Waals surface area contributed by atoms with Crippen molar-refractivity contribution in [3.8, 4) is 5.75 Å². The second-order valence-electron chi connectivity index (χ2n) is 4.13. The maximum Gasteiger partial charge on any atom is 0.188 e. The Morgan fingerprint density at radius 2 is 2.16 bits per heavy atom. The van der Waals surface area contributed by atoms with Gasteiger partial charge in [0.2, 0.25) is 0 Å². The second kappa shape index (κ2) is 5.71. The predicted octanol–water partition coefficient (Wildman–Crippen LogP) is 3.16. The summed E-state index contributed by atoms with van der Waals surface area (Å²) >= 11 is 0. The molecule has 0 aliphatic carbocycles. The SMILES string of the molecule is C=C1C=CC=C(c2c(F)cccc2OCOC)N1C. The Bertz CT molecular complexity index is 549. The summed E-state index contributed by atoms with van der Waals surface area (Å²) in [6.07, 6.45) is 5.52. The molecule has 0 spiro atoms. The number of hydrogen-bond donors (Lipinski definition) is 0. The number of hydrogen-bond acceptors (Lipinski definition) is 3. The first-order chi connectivity index (χ1) is 9.15. The van der Waals surface area contributed by atoms with Crippen LogP contribution >= 0.6 is 0 Å². The number of rotatable bonds is 4.